The quantitative estimate of drug-likeness (QED) is 0.576. The summed E-state index contributed by atoms with van der Waals surface area (Å²) in [7, 11) is 0. The minimum absolute atomic E-state index is 0.212. The van der Waals surface area contributed by atoms with Gasteiger partial charge >= 0.3 is 0 Å². The topological polar surface area (TPSA) is 101 Å². The van der Waals surface area contributed by atoms with Crippen LogP contribution in [-0.2, 0) is 6.42 Å². The van der Waals surface area contributed by atoms with Gasteiger partial charge in [-0.3, -0.25) is 19.3 Å². The van der Waals surface area contributed by atoms with Crippen molar-refractivity contribution in [1.82, 2.24) is 35.1 Å². The van der Waals surface area contributed by atoms with Crippen LogP contribution < -0.4 is 5.32 Å². The minimum atomic E-state index is -0.212. The van der Waals surface area contributed by atoms with E-state index in [9.17, 15) is 4.79 Å². The zero-order valence-corrected chi connectivity index (χ0v) is 13.3. The SMILES string of the molecule is O=C(NCCc1nnc2ccccn12)c1cc(-c2cccnc2)n[nH]1. The molecule has 8 nitrogen and oxygen atoms in total. The lowest BCUT2D eigenvalue weighted by Crippen LogP contribution is -2.26. The monoisotopic (exact) mass is 333 g/mol. The van der Waals surface area contributed by atoms with Crippen molar-refractivity contribution in [2.45, 2.75) is 6.42 Å². The first-order valence-electron chi connectivity index (χ1n) is 7.84. The van der Waals surface area contributed by atoms with E-state index in [1.165, 1.54) is 0 Å². The molecule has 4 aromatic heterocycles. The van der Waals surface area contributed by atoms with Gasteiger partial charge in [0.2, 0.25) is 0 Å². The van der Waals surface area contributed by atoms with Crippen LogP contribution in [0.3, 0.4) is 0 Å². The van der Waals surface area contributed by atoms with Gasteiger partial charge in [0.1, 0.15) is 11.5 Å². The van der Waals surface area contributed by atoms with Crippen molar-refractivity contribution in [1.29, 1.82) is 0 Å². The fourth-order valence-electron chi connectivity index (χ4n) is 2.54. The van der Waals surface area contributed by atoms with Gasteiger partial charge in [0.15, 0.2) is 5.65 Å². The smallest absolute Gasteiger partial charge is 0.269 e. The standard InChI is InChI=1S/C17H15N7O/c25-17(14-10-13(20-21-14)12-4-3-7-18-11-12)19-8-6-16-23-22-15-5-1-2-9-24(15)16/h1-5,7,9-11H,6,8H2,(H,19,25)(H,20,21). The summed E-state index contributed by atoms with van der Waals surface area (Å²) in [6, 6.07) is 11.1. The number of nitrogens with zero attached hydrogens (tertiary/aromatic N) is 5. The highest BCUT2D eigenvalue weighted by atomic mass is 16.1. The van der Waals surface area contributed by atoms with E-state index in [1.807, 2.05) is 40.9 Å². The third kappa shape index (κ3) is 3.09. The maximum absolute atomic E-state index is 12.2. The number of aromatic amines is 1. The molecule has 1 amide bonds. The lowest BCUT2D eigenvalue weighted by atomic mass is 10.2. The predicted molar refractivity (Wildman–Crippen MR) is 90.8 cm³/mol. The Balaban J connectivity index is 1.39. The summed E-state index contributed by atoms with van der Waals surface area (Å²) in [5.41, 5.74) is 2.73. The van der Waals surface area contributed by atoms with Crippen LogP contribution in [0.4, 0.5) is 0 Å². The normalized spacial score (nSPS) is 10.9. The van der Waals surface area contributed by atoms with Crippen molar-refractivity contribution >= 4 is 11.6 Å². The first-order chi connectivity index (χ1) is 12.3. The predicted octanol–water partition coefficient (Wildman–Crippen LogP) is 1.49. The third-order valence-electron chi connectivity index (χ3n) is 3.80. The zero-order chi connectivity index (χ0) is 17.1. The van der Waals surface area contributed by atoms with Crippen LogP contribution in [0.5, 0.6) is 0 Å². The summed E-state index contributed by atoms with van der Waals surface area (Å²) in [5.74, 6) is 0.591. The van der Waals surface area contributed by atoms with Gasteiger partial charge in [0, 0.05) is 37.1 Å². The molecule has 0 saturated carbocycles. The number of pyridine rings is 2. The van der Waals surface area contributed by atoms with E-state index in [2.05, 4.69) is 30.7 Å². The number of nitrogens with one attached hydrogen (secondary N) is 2. The van der Waals surface area contributed by atoms with Gasteiger partial charge < -0.3 is 5.32 Å². The molecule has 0 radical (unpaired) electrons. The van der Waals surface area contributed by atoms with Crippen molar-refractivity contribution in [3.8, 4) is 11.3 Å². The molecule has 124 valence electrons. The molecule has 0 aliphatic carbocycles. The molecular weight excluding hydrogens is 318 g/mol. The second-order valence-corrected chi connectivity index (χ2v) is 5.46. The third-order valence-corrected chi connectivity index (χ3v) is 3.80. The summed E-state index contributed by atoms with van der Waals surface area (Å²) in [6.45, 7) is 0.454. The molecule has 0 aromatic carbocycles. The van der Waals surface area contributed by atoms with Crippen LogP contribution in [0.1, 0.15) is 16.3 Å². The number of carbonyl (C=O) groups is 1. The number of fused-ring (bicyclic) bond motifs is 1. The van der Waals surface area contributed by atoms with E-state index < -0.39 is 0 Å². The van der Waals surface area contributed by atoms with Gasteiger partial charge in [0.05, 0.1) is 5.69 Å². The Morgan fingerprint density at radius 2 is 2.16 bits per heavy atom. The maximum Gasteiger partial charge on any atom is 0.269 e. The largest absolute Gasteiger partial charge is 0.350 e. The van der Waals surface area contributed by atoms with E-state index in [-0.39, 0.29) is 5.91 Å². The van der Waals surface area contributed by atoms with Crippen LogP contribution in [0.2, 0.25) is 0 Å². The summed E-state index contributed by atoms with van der Waals surface area (Å²) in [5, 5.41) is 18.0. The Morgan fingerprint density at radius 1 is 1.20 bits per heavy atom. The maximum atomic E-state index is 12.2. The average Bonchev–Trinajstić information content (AvgIpc) is 3.30. The molecule has 25 heavy (non-hydrogen) atoms. The Labute approximate surface area is 142 Å². The number of hydrogen-bond donors (Lipinski definition) is 2. The van der Waals surface area contributed by atoms with E-state index in [0.717, 1.165) is 17.0 Å². The molecule has 4 heterocycles. The molecule has 0 bridgehead atoms. The van der Waals surface area contributed by atoms with Crippen LogP contribution >= 0.6 is 0 Å². The van der Waals surface area contributed by atoms with Crippen molar-refractivity contribution in [3.63, 3.8) is 0 Å². The lowest BCUT2D eigenvalue weighted by Gasteiger charge is -2.02. The summed E-state index contributed by atoms with van der Waals surface area (Å²) in [6.07, 6.45) is 5.88. The van der Waals surface area contributed by atoms with Crippen molar-refractivity contribution in [2.24, 2.45) is 0 Å². The Morgan fingerprint density at radius 3 is 3.04 bits per heavy atom. The average molecular weight is 333 g/mol. The minimum Gasteiger partial charge on any atom is -0.350 e. The Kier molecular flexibility index (Phi) is 3.91. The highest BCUT2D eigenvalue weighted by molar-refractivity contribution is 5.93. The van der Waals surface area contributed by atoms with Crippen molar-refractivity contribution in [3.05, 3.63) is 66.5 Å². The van der Waals surface area contributed by atoms with Gasteiger partial charge in [-0.05, 0) is 30.3 Å². The second kappa shape index (κ2) is 6.52. The van der Waals surface area contributed by atoms with E-state index in [1.54, 1.807) is 18.5 Å². The summed E-state index contributed by atoms with van der Waals surface area (Å²) < 4.78 is 1.91. The molecule has 4 aromatic rings. The molecule has 2 N–H and O–H groups in total. The number of aromatic nitrogens is 6. The first-order valence-corrected chi connectivity index (χ1v) is 7.84. The molecule has 0 atom stereocenters. The number of rotatable bonds is 5. The second-order valence-electron chi connectivity index (χ2n) is 5.46. The molecule has 4 rings (SSSR count). The number of carbonyl (C=O) groups excluding carboxylic acids is 1. The van der Waals surface area contributed by atoms with E-state index in [4.69, 9.17) is 0 Å². The van der Waals surface area contributed by atoms with Gasteiger partial charge in [-0.2, -0.15) is 5.10 Å². The molecular formula is C17H15N7O. The van der Waals surface area contributed by atoms with Crippen LogP contribution in [0, 0.1) is 0 Å². The fraction of sp³-hybridized carbons (Fsp3) is 0.118. The van der Waals surface area contributed by atoms with Gasteiger partial charge in [0.25, 0.3) is 5.91 Å². The molecule has 0 spiro atoms. The van der Waals surface area contributed by atoms with Crippen molar-refractivity contribution < 1.29 is 4.79 Å². The molecule has 0 unspecified atom stereocenters. The molecule has 8 heteroatoms. The van der Waals surface area contributed by atoms with Crippen LogP contribution in [0.15, 0.2) is 55.0 Å². The Bertz CT molecular complexity index is 1010. The fourth-order valence-corrected chi connectivity index (χ4v) is 2.54. The molecule has 0 fully saturated rings. The number of amides is 1. The van der Waals surface area contributed by atoms with E-state index >= 15 is 0 Å². The first kappa shape index (κ1) is 15.0. The van der Waals surface area contributed by atoms with Gasteiger partial charge in [-0.25, -0.2) is 0 Å². The highest BCUT2D eigenvalue weighted by Crippen LogP contribution is 2.15. The van der Waals surface area contributed by atoms with Crippen molar-refractivity contribution in [2.75, 3.05) is 6.54 Å². The molecule has 0 aliphatic heterocycles. The van der Waals surface area contributed by atoms with Gasteiger partial charge in [-0.15, -0.1) is 10.2 Å². The number of H-pyrrole nitrogens is 1. The number of hydrogen-bond acceptors (Lipinski definition) is 5. The van der Waals surface area contributed by atoms with E-state index in [0.29, 0.717) is 24.4 Å². The lowest BCUT2D eigenvalue weighted by molar-refractivity contribution is 0.0949. The Hall–Kier alpha value is -3.55. The van der Waals surface area contributed by atoms with Crippen LogP contribution in [-0.4, -0.2) is 42.2 Å². The molecule has 0 saturated heterocycles. The molecule has 0 aliphatic rings. The van der Waals surface area contributed by atoms with Gasteiger partial charge in [-0.1, -0.05) is 6.07 Å². The van der Waals surface area contributed by atoms with Crippen LogP contribution in [0.25, 0.3) is 16.9 Å². The summed E-state index contributed by atoms with van der Waals surface area (Å²) >= 11 is 0. The zero-order valence-electron chi connectivity index (χ0n) is 13.3. The highest BCUT2D eigenvalue weighted by Gasteiger charge is 2.11. The summed E-state index contributed by atoms with van der Waals surface area (Å²) in [4.78, 5) is 16.3.